The number of hydrogen-bond donors (Lipinski definition) is 2. The van der Waals surface area contributed by atoms with Gasteiger partial charge in [0.05, 0.1) is 6.04 Å². The van der Waals surface area contributed by atoms with Gasteiger partial charge in [0.2, 0.25) is 5.91 Å². The van der Waals surface area contributed by atoms with Crippen molar-refractivity contribution >= 4 is 11.7 Å². The molecule has 1 amide bonds. The fourth-order valence-corrected chi connectivity index (χ4v) is 1.38. The Morgan fingerprint density at radius 3 is 2.81 bits per heavy atom. The van der Waals surface area contributed by atoms with Crippen LogP contribution in [0.25, 0.3) is 0 Å². The second kappa shape index (κ2) is 6.27. The summed E-state index contributed by atoms with van der Waals surface area (Å²) in [6.45, 7) is 6.67. The number of nitrogens with one attached hydrogen (secondary N) is 2. The molecule has 90 valence electrons. The Labute approximate surface area is 95.6 Å². The summed E-state index contributed by atoms with van der Waals surface area (Å²) in [7, 11) is 0. The van der Waals surface area contributed by atoms with Crippen LogP contribution >= 0.6 is 0 Å². The summed E-state index contributed by atoms with van der Waals surface area (Å²) < 4.78 is 4.87. The molecule has 0 fully saturated rings. The summed E-state index contributed by atoms with van der Waals surface area (Å²) in [4.78, 5) is 11.8. The van der Waals surface area contributed by atoms with Gasteiger partial charge in [-0.2, -0.15) is 0 Å². The second-order valence-corrected chi connectivity index (χ2v) is 3.73. The molecule has 1 aromatic heterocycles. The van der Waals surface area contributed by atoms with Crippen LogP contribution in [0.5, 0.6) is 0 Å². The Kier molecular flexibility index (Phi) is 4.98. The van der Waals surface area contributed by atoms with Crippen LogP contribution in [-0.4, -0.2) is 23.7 Å². The first-order valence-corrected chi connectivity index (χ1v) is 5.65. The molecule has 0 aliphatic carbocycles. The Hall–Kier alpha value is -1.36. The predicted molar refractivity (Wildman–Crippen MR) is 62.2 cm³/mol. The zero-order valence-corrected chi connectivity index (χ0v) is 10.0. The maximum atomic E-state index is 11.8. The molecule has 0 bridgehead atoms. The molecule has 0 spiro atoms. The topological polar surface area (TPSA) is 67.2 Å². The number of nitrogens with zero attached hydrogens (tertiary/aromatic N) is 1. The molecule has 16 heavy (non-hydrogen) atoms. The quantitative estimate of drug-likeness (QED) is 0.773. The first kappa shape index (κ1) is 12.7. The Bertz CT molecular complexity index is 336. The monoisotopic (exact) mass is 225 g/mol. The van der Waals surface area contributed by atoms with Crippen molar-refractivity contribution in [3.05, 3.63) is 11.8 Å². The van der Waals surface area contributed by atoms with E-state index in [9.17, 15) is 4.79 Å². The third-order valence-corrected chi connectivity index (χ3v) is 2.24. The van der Waals surface area contributed by atoms with E-state index in [4.69, 9.17) is 4.52 Å². The normalized spacial score (nSPS) is 12.4. The van der Waals surface area contributed by atoms with Gasteiger partial charge in [-0.1, -0.05) is 19.0 Å². The van der Waals surface area contributed by atoms with Crippen LogP contribution in [0.4, 0.5) is 5.82 Å². The van der Waals surface area contributed by atoms with Gasteiger partial charge in [-0.3, -0.25) is 4.79 Å². The molecule has 0 aliphatic heterocycles. The first-order chi connectivity index (χ1) is 7.67. The maximum absolute atomic E-state index is 11.8. The number of hydrogen-bond acceptors (Lipinski definition) is 4. The number of carbonyl (C=O) groups is 1. The predicted octanol–water partition coefficient (Wildman–Crippen LogP) is 1.70. The Balaban J connectivity index is 2.49. The molecule has 1 rings (SSSR count). The van der Waals surface area contributed by atoms with Crippen molar-refractivity contribution in [3.8, 4) is 0 Å². The lowest BCUT2D eigenvalue weighted by atomic mass is 10.2. The Morgan fingerprint density at radius 1 is 1.56 bits per heavy atom. The lowest BCUT2D eigenvalue weighted by molar-refractivity contribution is -0.118. The van der Waals surface area contributed by atoms with E-state index >= 15 is 0 Å². The molecule has 0 radical (unpaired) electrons. The van der Waals surface area contributed by atoms with Gasteiger partial charge in [-0.25, -0.2) is 0 Å². The van der Waals surface area contributed by atoms with Gasteiger partial charge in [-0.15, -0.1) is 0 Å². The van der Waals surface area contributed by atoms with Crippen LogP contribution in [-0.2, 0) is 4.79 Å². The minimum atomic E-state index is -0.169. The molecule has 1 atom stereocenters. The highest BCUT2D eigenvalue weighted by atomic mass is 16.5. The molecule has 1 unspecified atom stereocenters. The van der Waals surface area contributed by atoms with E-state index < -0.39 is 0 Å². The third kappa shape index (κ3) is 3.66. The average molecular weight is 225 g/mol. The van der Waals surface area contributed by atoms with Crippen molar-refractivity contribution in [2.24, 2.45) is 0 Å². The van der Waals surface area contributed by atoms with Gasteiger partial charge in [0.25, 0.3) is 0 Å². The standard InChI is InChI=1S/C11H19N3O2/c1-4-6-12-9(5-2)11(15)13-10-7-8(3)16-14-10/h7,9,12H,4-6H2,1-3H3,(H,13,14,15). The molecule has 1 aromatic rings. The fourth-order valence-electron chi connectivity index (χ4n) is 1.38. The highest BCUT2D eigenvalue weighted by molar-refractivity contribution is 5.93. The van der Waals surface area contributed by atoms with Crippen LogP contribution in [0.1, 0.15) is 32.4 Å². The first-order valence-electron chi connectivity index (χ1n) is 5.65. The largest absolute Gasteiger partial charge is 0.360 e. The molecule has 0 saturated heterocycles. The fraction of sp³-hybridized carbons (Fsp3) is 0.636. The van der Waals surface area contributed by atoms with Crippen molar-refractivity contribution in [2.75, 3.05) is 11.9 Å². The van der Waals surface area contributed by atoms with Crippen molar-refractivity contribution in [3.63, 3.8) is 0 Å². The summed E-state index contributed by atoms with van der Waals surface area (Å²) in [6.07, 6.45) is 1.76. The van der Waals surface area contributed by atoms with Crippen molar-refractivity contribution in [2.45, 2.75) is 39.7 Å². The van der Waals surface area contributed by atoms with Gasteiger partial charge in [0.1, 0.15) is 5.76 Å². The van der Waals surface area contributed by atoms with Gasteiger partial charge >= 0.3 is 0 Å². The van der Waals surface area contributed by atoms with Crippen LogP contribution in [0.3, 0.4) is 0 Å². The third-order valence-electron chi connectivity index (χ3n) is 2.24. The SMILES string of the molecule is CCCNC(CC)C(=O)Nc1cc(C)on1. The minimum absolute atomic E-state index is 0.0655. The summed E-state index contributed by atoms with van der Waals surface area (Å²) in [5.41, 5.74) is 0. The summed E-state index contributed by atoms with van der Waals surface area (Å²) in [5.74, 6) is 1.09. The van der Waals surface area contributed by atoms with E-state index in [-0.39, 0.29) is 11.9 Å². The highest BCUT2D eigenvalue weighted by Crippen LogP contribution is 2.07. The molecule has 5 nitrogen and oxygen atoms in total. The average Bonchev–Trinajstić information content (AvgIpc) is 2.65. The van der Waals surface area contributed by atoms with Crippen LogP contribution < -0.4 is 10.6 Å². The molecule has 5 heteroatoms. The maximum Gasteiger partial charge on any atom is 0.242 e. The lowest BCUT2D eigenvalue weighted by Gasteiger charge is -2.14. The molecule has 1 heterocycles. The van der Waals surface area contributed by atoms with Crippen molar-refractivity contribution in [1.82, 2.24) is 10.5 Å². The number of anilines is 1. The van der Waals surface area contributed by atoms with E-state index in [1.54, 1.807) is 13.0 Å². The van der Waals surface area contributed by atoms with E-state index in [1.807, 2.05) is 6.92 Å². The van der Waals surface area contributed by atoms with Gasteiger partial charge in [0, 0.05) is 6.07 Å². The van der Waals surface area contributed by atoms with E-state index in [2.05, 4.69) is 22.7 Å². The number of carbonyl (C=O) groups excluding carboxylic acids is 1. The summed E-state index contributed by atoms with van der Waals surface area (Å²) in [6, 6.07) is 1.53. The second-order valence-electron chi connectivity index (χ2n) is 3.73. The number of aryl methyl sites for hydroxylation is 1. The highest BCUT2D eigenvalue weighted by Gasteiger charge is 2.16. The van der Waals surface area contributed by atoms with Crippen molar-refractivity contribution in [1.29, 1.82) is 0 Å². The van der Waals surface area contributed by atoms with E-state index in [0.717, 1.165) is 19.4 Å². The Morgan fingerprint density at radius 2 is 2.31 bits per heavy atom. The number of rotatable bonds is 6. The molecule has 0 aromatic carbocycles. The van der Waals surface area contributed by atoms with Crippen LogP contribution in [0.15, 0.2) is 10.6 Å². The summed E-state index contributed by atoms with van der Waals surface area (Å²) >= 11 is 0. The molecule has 0 aliphatic rings. The molecular formula is C11H19N3O2. The van der Waals surface area contributed by atoms with E-state index in [0.29, 0.717) is 11.6 Å². The van der Waals surface area contributed by atoms with Gasteiger partial charge < -0.3 is 15.2 Å². The number of amides is 1. The number of aromatic nitrogens is 1. The smallest absolute Gasteiger partial charge is 0.242 e. The molecule has 0 saturated carbocycles. The van der Waals surface area contributed by atoms with Gasteiger partial charge in [-0.05, 0) is 26.3 Å². The van der Waals surface area contributed by atoms with E-state index in [1.165, 1.54) is 0 Å². The summed E-state index contributed by atoms with van der Waals surface area (Å²) in [5, 5.41) is 9.61. The molecule has 2 N–H and O–H groups in total. The minimum Gasteiger partial charge on any atom is -0.360 e. The molecular weight excluding hydrogens is 206 g/mol. The van der Waals surface area contributed by atoms with Gasteiger partial charge in [0.15, 0.2) is 5.82 Å². The zero-order valence-electron chi connectivity index (χ0n) is 10.0. The van der Waals surface area contributed by atoms with Crippen LogP contribution in [0, 0.1) is 6.92 Å². The van der Waals surface area contributed by atoms with Crippen molar-refractivity contribution < 1.29 is 9.32 Å². The lowest BCUT2D eigenvalue weighted by Crippen LogP contribution is -2.40. The zero-order chi connectivity index (χ0) is 12.0. The van der Waals surface area contributed by atoms with Crippen LogP contribution in [0.2, 0.25) is 0 Å².